The van der Waals surface area contributed by atoms with Gasteiger partial charge in [0.15, 0.2) is 0 Å². The number of rotatable bonds is 7. The average Bonchev–Trinajstić information content (AvgIpc) is 2.62. The van der Waals surface area contributed by atoms with Crippen LogP contribution >= 0.6 is 0 Å². The highest BCUT2D eigenvalue weighted by molar-refractivity contribution is 5.91. The van der Waals surface area contributed by atoms with Gasteiger partial charge in [-0.2, -0.15) is 0 Å². The molecule has 2 atom stereocenters. The van der Waals surface area contributed by atoms with Crippen molar-refractivity contribution in [3.63, 3.8) is 0 Å². The van der Waals surface area contributed by atoms with E-state index in [9.17, 15) is 14.4 Å². The van der Waals surface area contributed by atoms with Crippen LogP contribution in [0.3, 0.4) is 0 Å². The van der Waals surface area contributed by atoms with Crippen LogP contribution in [-0.4, -0.2) is 86.7 Å². The molecule has 0 aromatic carbocycles. The van der Waals surface area contributed by atoms with Gasteiger partial charge in [0, 0.05) is 25.7 Å². The van der Waals surface area contributed by atoms with E-state index >= 15 is 0 Å². The molecule has 0 saturated carbocycles. The first-order chi connectivity index (χ1) is 13.0. The summed E-state index contributed by atoms with van der Waals surface area (Å²) < 4.78 is 10.4. The van der Waals surface area contributed by atoms with E-state index in [4.69, 9.17) is 9.47 Å². The second kappa shape index (κ2) is 10.6. The van der Waals surface area contributed by atoms with Gasteiger partial charge in [0.2, 0.25) is 11.8 Å². The van der Waals surface area contributed by atoms with E-state index in [0.717, 1.165) is 0 Å². The van der Waals surface area contributed by atoms with Crippen molar-refractivity contribution in [1.29, 1.82) is 0 Å². The minimum Gasteiger partial charge on any atom is -0.463 e. The van der Waals surface area contributed by atoms with Gasteiger partial charge in [-0.25, -0.2) is 4.79 Å². The molecular formula is C20H35N3O5. The van der Waals surface area contributed by atoms with Gasteiger partial charge in [0.25, 0.3) is 0 Å². The molecule has 2 unspecified atom stereocenters. The SMILES string of the molecule is CCOC(=O)/C(C)=C/CN(C)C(=O)C(NC(=O)C1COCCN1C)C(C)(C)C. The van der Waals surface area contributed by atoms with Gasteiger partial charge in [-0.1, -0.05) is 26.8 Å². The van der Waals surface area contributed by atoms with Gasteiger partial charge in [-0.05, 0) is 26.3 Å². The number of carbonyl (C=O) groups excluding carboxylic acids is 3. The van der Waals surface area contributed by atoms with Crippen LogP contribution in [0.15, 0.2) is 11.6 Å². The van der Waals surface area contributed by atoms with E-state index in [-0.39, 0.29) is 18.4 Å². The average molecular weight is 398 g/mol. The smallest absolute Gasteiger partial charge is 0.333 e. The second-order valence-corrected chi connectivity index (χ2v) is 8.21. The van der Waals surface area contributed by atoms with Gasteiger partial charge in [0.05, 0.1) is 19.8 Å². The van der Waals surface area contributed by atoms with Crippen molar-refractivity contribution in [1.82, 2.24) is 15.1 Å². The number of carbonyl (C=O) groups is 3. The molecule has 1 fully saturated rings. The fourth-order valence-electron chi connectivity index (χ4n) is 2.76. The summed E-state index contributed by atoms with van der Waals surface area (Å²) in [4.78, 5) is 40.9. The lowest BCUT2D eigenvalue weighted by atomic mass is 9.85. The maximum absolute atomic E-state index is 13.0. The Kier molecular flexibility index (Phi) is 9.10. The number of ether oxygens (including phenoxy) is 2. The van der Waals surface area contributed by atoms with E-state index in [0.29, 0.717) is 31.9 Å². The molecule has 1 N–H and O–H groups in total. The van der Waals surface area contributed by atoms with Crippen molar-refractivity contribution >= 4 is 17.8 Å². The maximum Gasteiger partial charge on any atom is 0.333 e. The van der Waals surface area contributed by atoms with E-state index in [1.807, 2.05) is 32.7 Å². The van der Waals surface area contributed by atoms with E-state index < -0.39 is 23.5 Å². The standard InChI is InChI=1S/C20H35N3O5/c1-8-28-19(26)14(2)9-10-23(7)18(25)16(20(3,4)5)21-17(24)15-13-27-12-11-22(15)6/h9,15-16H,8,10-13H2,1-7H3,(H,21,24)/b14-9+. The summed E-state index contributed by atoms with van der Waals surface area (Å²) in [6.45, 7) is 11.2. The Morgan fingerprint density at radius 2 is 2.00 bits per heavy atom. The van der Waals surface area contributed by atoms with Crippen LogP contribution < -0.4 is 5.32 Å². The fraction of sp³-hybridized carbons (Fsp3) is 0.750. The fourth-order valence-corrected chi connectivity index (χ4v) is 2.76. The zero-order valence-electron chi connectivity index (χ0n) is 18.2. The van der Waals surface area contributed by atoms with Crippen molar-refractivity contribution in [2.75, 3.05) is 47.0 Å². The molecule has 0 spiro atoms. The molecule has 0 aliphatic carbocycles. The molecule has 1 aliphatic heterocycles. The second-order valence-electron chi connectivity index (χ2n) is 8.21. The minimum atomic E-state index is -0.698. The first-order valence-electron chi connectivity index (χ1n) is 9.66. The van der Waals surface area contributed by atoms with Crippen LogP contribution in [0.25, 0.3) is 0 Å². The topological polar surface area (TPSA) is 88.2 Å². The Labute approximate surface area is 168 Å². The molecule has 8 heteroatoms. The van der Waals surface area contributed by atoms with Gasteiger partial charge >= 0.3 is 5.97 Å². The third-order valence-electron chi connectivity index (χ3n) is 4.74. The van der Waals surface area contributed by atoms with Crippen LogP contribution in [0.4, 0.5) is 0 Å². The van der Waals surface area contributed by atoms with Crippen molar-refractivity contribution < 1.29 is 23.9 Å². The zero-order valence-corrected chi connectivity index (χ0v) is 18.2. The Balaban J connectivity index is 2.83. The van der Waals surface area contributed by atoms with E-state index in [1.54, 1.807) is 27.0 Å². The normalized spacial score (nSPS) is 19.7. The van der Waals surface area contributed by atoms with Crippen LogP contribution in [0.2, 0.25) is 0 Å². The highest BCUT2D eigenvalue weighted by Crippen LogP contribution is 2.21. The lowest BCUT2D eigenvalue weighted by Crippen LogP contribution is -2.59. The maximum atomic E-state index is 13.0. The highest BCUT2D eigenvalue weighted by Gasteiger charge is 2.37. The molecule has 2 amide bonds. The van der Waals surface area contributed by atoms with Crippen LogP contribution in [0.5, 0.6) is 0 Å². The number of nitrogens with one attached hydrogen (secondary N) is 1. The molecule has 0 aromatic rings. The Hall–Kier alpha value is -1.93. The Bertz CT molecular complexity index is 597. The summed E-state index contributed by atoms with van der Waals surface area (Å²) in [6.07, 6.45) is 1.65. The predicted octanol–water partition coefficient (Wildman–Crippen LogP) is 0.816. The molecule has 8 nitrogen and oxygen atoms in total. The number of morpholine rings is 1. The summed E-state index contributed by atoms with van der Waals surface area (Å²) in [5.74, 6) is -0.834. The molecule has 0 aromatic heterocycles. The number of esters is 1. The summed E-state index contributed by atoms with van der Waals surface area (Å²) in [5, 5.41) is 2.90. The monoisotopic (exact) mass is 397 g/mol. The molecule has 28 heavy (non-hydrogen) atoms. The molecule has 160 valence electrons. The molecule has 1 rings (SSSR count). The summed E-state index contributed by atoms with van der Waals surface area (Å²) in [5.41, 5.74) is -0.0338. The first-order valence-corrected chi connectivity index (χ1v) is 9.66. The molecule has 1 aliphatic rings. The molecule has 0 bridgehead atoms. The number of nitrogens with zero attached hydrogens (tertiary/aromatic N) is 2. The number of amides is 2. The quantitative estimate of drug-likeness (QED) is 0.505. The van der Waals surface area contributed by atoms with Gasteiger partial charge in [-0.3, -0.25) is 14.5 Å². The van der Waals surface area contributed by atoms with Crippen LogP contribution in [0.1, 0.15) is 34.6 Å². The minimum absolute atomic E-state index is 0.215. The molecule has 0 radical (unpaired) electrons. The van der Waals surface area contributed by atoms with Crippen molar-refractivity contribution in [2.24, 2.45) is 5.41 Å². The van der Waals surface area contributed by atoms with Gasteiger partial charge in [0.1, 0.15) is 12.1 Å². The van der Waals surface area contributed by atoms with Crippen molar-refractivity contribution in [3.05, 3.63) is 11.6 Å². The molecule has 1 saturated heterocycles. The molecule has 1 heterocycles. The zero-order chi connectivity index (χ0) is 21.5. The third-order valence-corrected chi connectivity index (χ3v) is 4.74. The number of hydrogen-bond donors (Lipinski definition) is 1. The number of likely N-dealkylation sites (N-methyl/N-ethyl adjacent to an activating group) is 2. The van der Waals surface area contributed by atoms with Gasteiger partial charge in [-0.15, -0.1) is 0 Å². The van der Waals surface area contributed by atoms with Crippen molar-refractivity contribution in [3.8, 4) is 0 Å². The first kappa shape index (κ1) is 24.1. The van der Waals surface area contributed by atoms with Crippen molar-refractivity contribution in [2.45, 2.75) is 46.7 Å². The largest absolute Gasteiger partial charge is 0.463 e. The lowest BCUT2D eigenvalue weighted by Gasteiger charge is -2.36. The third kappa shape index (κ3) is 6.91. The summed E-state index contributed by atoms with van der Waals surface area (Å²) in [6, 6.07) is -1.11. The Morgan fingerprint density at radius 1 is 1.36 bits per heavy atom. The summed E-state index contributed by atoms with van der Waals surface area (Å²) in [7, 11) is 3.52. The summed E-state index contributed by atoms with van der Waals surface area (Å²) >= 11 is 0. The van der Waals surface area contributed by atoms with E-state index in [1.165, 1.54) is 4.90 Å². The van der Waals surface area contributed by atoms with E-state index in [2.05, 4.69) is 5.32 Å². The highest BCUT2D eigenvalue weighted by atomic mass is 16.5. The molecular weight excluding hydrogens is 362 g/mol. The van der Waals surface area contributed by atoms with Crippen LogP contribution in [-0.2, 0) is 23.9 Å². The Morgan fingerprint density at radius 3 is 2.54 bits per heavy atom. The van der Waals surface area contributed by atoms with Crippen LogP contribution in [0, 0.1) is 5.41 Å². The van der Waals surface area contributed by atoms with Gasteiger partial charge < -0.3 is 19.7 Å². The predicted molar refractivity (Wildman–Crippen MR) is 107 cm³/mol. The number of hydrogen-bond acceptors (Lipinski definition) is 6. The lowest BCUT2D eigenvalue weighted by molar-refractivity contribution is -0.141.